The quantitative estimate of drug-likeness (QED) is 0.659. The highest BCUT2D eigenvalue weighted by Crippen LogP contribution is 2.25. The number of H-pyrrole nitrogens is 1. The summed E-state index contributed by atoms with van der Waals surface area (Å²) in [4.78, 5) is 0. The van der Waals surface area contributed by atoms with Crippen LogP contribution in [0.2, 0.25) is 0 Å². The van der Waals surface area contributed by atoms with Gasteiger partial charge in [0.25, 0.3) is 0 Å². The van der Waals surface area contributed by atoms with Gasteiger partial charge in [0.15, 0.2) is 0 Å². The molecule has 0 unspecified atom stereocenters. The lowest BCUT2D eigenvalue weighted by molar-refractivity contribution is 1.09. The number of nitrogens with two attached hydrogens (primary N) is 1. The van der Waals surface area contributed by atoms with Crippen molar-refractivity contribution in [2.45, 2.75) is 0 Å². The third-order valence-electron chi connectivity index (χ3n) is 1.99. The van der Waals surface area contributed by atoms with E-state index in [1.54, 1.807) is 24.5 Å². The minimum absolute atomic E-state index is 0.565. The predicted octanol–water partition coefficient (Wildman–Crippen LogP) is 1.53. The number of rotatable bonds is 1. The Balaban J connectivity index is 2.52. The first-order chi connectivity index (χ1) is 6.81. The molecule has 0 fully saturated rings. The maximum Gasteiger partial charge on any atom is 0.0992 e. The summed E-state index contributed by atoms with van der Waals surface area (Å²) in [6, 6.07) is 7.24. The van der Waals surface area contributed by atoms with Gasteiger partial charge in [0.2, 0.25) is 0 Å². The number of hydrogen-bond donors (Lipinski definition) is 2. The zero-order valence-corrected chi connectivity index (χ0v) is 7.36. The van der Waals surface area contributed by atoms with Crippen LogP contribution in [-0.4, -0.2) is 10.2 Å². The van der Waals surface area contributed by atoms with E-state index in [1.807, 2.05) is 12.1 Å². The van der Waals surface area contributed by atoms with Crippen molar-refractivity contribution in [1.82, 2.24) is 10.2 Å². The number of nitrogens with one attached hydrogen (secondary N) is 1. The van der Waals surface area contributed by atoms with Gasteiger partial charge < -0.3 is 5.73 Å². The lowest BCUT2D eigenvalue weighted by Gasteiger charge is -2.02. The zero-order chi connectivity index (χ0) is 9.97. The van der Waals surface area contributed by atoms with Gasteiger partial charge in [0.05, 0.1) is 17.8 Å². The second-order valence-electron chi connectivity index (χ2n) is 2.90. The van der Waals surface area contributed by atoms with E-state index in [0.717, 1.165) is 11.1 Å². The molecule has 0 saturated carbocycles. The number of nitrogen functional groups attached to an aromatic ring is 1. The average Bonchev–Trinajstić information content (AvgIpc) is 2.70. The first-order valence-electron chi connectivity index (χ1n) is 4.10. The van der Waals surface area contributed by atoms with Crippen molar-refractivity contribution in [1.29, 1.82) is 5.26 Å². The summed E-state index contributed by atoms with van der Waals surface area (Å²) in [6.07, 6.45) is 3.45. The largest absolute Gasteiger partial charge is 0.398 e. The number of anilines is 1. The minimum Gasteiger partial charge on any atom is -0.398 e. The Morgan fingerprint density at radius 2 is 2.29 bits per heavy atom. The van der Waals surface area contributed by atoms with Gasteiger partial charge in [-0.05, 0) is 12.1 Å². The van der Waals surface area contributed by atoms with Crippen LogP contribution in [-0.2, 0) is 0 Å². The molecule has 0 aliphatic rings. The standard InChI is InChI=1S/C10H8N4/c11-4-7-1-2-9(10(12)3-7)8-5-13-14-6-8/h1-3,5-6H,12H2,(H,13,14). The molecule has 0 aliphatic carbocycles. The molecule has 0 saturated heterocycles. The van der Waals surface area contributed by atoms with E-state index in [0.29, 0.717) is 11.3 Å². The lowest BCUT2D eigenvalue weighted by Crippen LogP contribution is -1.90. The average molecular weight is 184 g/mol. The Morgan fingerprint density at radius 3 is 2.86 bits per heavy atom. The van der Waals surface area contributed by atoms with Gasteiger partial charge in [-0.2, -0.15) is 10.4 Å². The predicted molar refractivity (Wildman–Crippen MR) is 53.2 cm³/mol. The van der Waals surface area contributed by atoms with Crippen molar-refractivity contribution < 1.29 is 0 Å². The molecule has 0 aliphatic heterocycles. The Hall–Kier alpha value is -2.28. The van der Waals surface area contributed by atoms with Gasteiger partial charge in [-0.25, -0.2) is 0 Å². The van der Waals surface area contributed by atoms with Crippen LogP contribution < -0.4 is 5.73 Å². The van der Waals surface area contributed by atoms with Crippen LogP contribution in [0.25, 0.3) is 11.1 Å². The fourth-order valence-corrected chi connectivity index (χ4v) is 1.29. The lowest BCUT2D eigenvalue weighted by atomic mass is 10.1. The molecule has 4 nitrogen and oxygen atoms in total. The van der Waals surface area contributed by atoms with E-state index in [4.69, 9.17) is 11.0 Å². The van der Waals surface area contributed by atoms with Gasteiger partial charge in [0.1, 0.15) is 0 Å². The molecular formula is C10H8N4. The van der Waals surface area contributed by atoms with Crippen LogP contribution in [0.3, 0.4) is 0 Å². The van der Waals surface area contributed by atoms with Gasteiger partial charge >= 0.3 is 0 Å². The van der Waals surface area contributed by atoms with Crippen LogP contribution in [0.1, 0.15) is 5.56 Å². The molecule has 2 aromatic rings. The third kappa shape index (κ3) is 1.31. The smallest absolute Gasteiger partial charge is 0.0992 e. The molecule has 1 heterocycles. The van der Waals surface area contributed by atoms with Gasteiger partial charge in [-0.3, -0.25) is 5.10 Å². The fourth-order valence-electron chi connectivity index (χ4n) is 1.29. The number of aromatic amines is 1. The number of hydrogen-bond acceptors (Lipinski definition) is 3. The van der Waals surface area contributed by atoms with E-state index < -0.39 is 0 Å². The first kappa shape index (κ1) is 8.32. The number of benzene rings is 1. The Kier molecular flexibility index (Phi) is 1.92. The van der Waals surface area contributed by atoms with Crippen LogP contribution in [0.15, 0.2) is 30.6 Å². The van der Waals surface area contributed by atoms with Crippen molar-refractivity contribution in [3.05, 3.63) is 36.2 Å². The second-order valence-corrected chi connectivity index (χ2v) is 2.90. The molecule has 0 spiro atoms. The molecule has 68 valence electrons. The number of aromatic nitrogens is 2. The summed E-state index contributed by atoms with van der Waals surface area (Å²) in [7, 11) is 0. The number of nitriles is 1. The Labute approximate surface area is 81.0 Å². The number of nitrogens with zero attached hydrogens (tertiary/aromatic N) is 2. The molecule has 1 aromatic heterocycles. The minimum atomic E-state index is 0.565. The van der Waals surface area contributed by atoms with Crippen molar-refractivity contribution in [3.63, 3.8) is 0 Å². The highest BCUT2D eigenvalue weighted by Gasteiger charge is 2.03. The molecule has 4 heteroatoms. The molecule has 0 bridgehead atoms. The summed E-state index contributed by atoms with van der Waals surface area (Å²) < 4.78 is 0. The van der Waals surface area contributed by atoms with Gasteiger partial charge in [-0.15, -0.1) is 0 Å². The maximum atomic E-state index is 8.66. The van der Waals surface area contributed by atoms with E-state index in [1.165, 1.54) is 0 Å². The van der Waals surface area contributed by atoms with E-state index in [-0.39, 0.29) is 0 Å². The van der Waals surface area contributed by atoms with Crippen molar-refractivity contribution in [2.24, 2.45) is 0 Å². The van der Waals surface area contributed by atoms with E-state index in [2.05, 4.69) is 10.2 Å². The Bertz CT molecular complexity index is 479. The SMILES string of the molecule is N#Cc1ccc(-c2cn[nH]c2)c(N)c1. The topological polar surface area (TPSA) is 78.5 Å². The molecular weight excluding hydrogens is 176 g/mol. The normalized spacial score (nSPS) is 9.64. The van der Waals surface area contributed by atoms with E-state index >= 15 is 0 Å². The summed E-state index contributed by atoms with van der Waals surface area (Å²) in [6.45, 7) is 0. The van der Waals surface area contributed by atoms with Gasteiger partial charge in [0, 0.05) is 23.0 Å². The maximum absolute atomic E-state index is 8.66. The zero-order valence-electron chi connectivity index (χ0n) is 7.36. The molecule has 0 atom stereocenters. The van der Waals surface area contributed by atoms with Crippen LogP contribution in [0, 0.1) is 11.3 Å². The summed E-state index contributed by atoms with van der Waals surface area (Å²) in [5, 5.41) is 15.2. The highest BCUT2D eigenvalue weighted by atomic mass is 15.1. The summed E-state index contributed by atoms with van der Waals surface area (Å²) in [5.74, 6) is 0. The van der Waals surface area contributed by atoms with Gasteiger partial charge in [-0.1, -0.05) is 6.07 Å². The molecule has 1 aromatic carbocycles. The second kappa shape index (κ2) is 3.23. The summed E-state index contributed by atoms with van der Waals surface area (Å²) in [5.41, 5.74) is 8.76. The molecule has 2 rings (SSSR count). The monoisotopic (exact) mass is 184 g/mol. The molecule has 14 heavy (non-hydrogen) atoms. The van der Waals surface area contributed by atoms with Crippen LogP contribution >= 0.6 is 0 Å². The fraction of sp³-hybridized carbons (Fsp3) is 0. The highest BCUT2D eigenvalue weighted by molar-refractivity contribution is 5.76. The van der Waals surface area contributed by atoms with Crippen molar-refractivity contribution in [2.75, 3.05) is 5.73 Å². The molecule has 0 amide bonds. The summed E-state index contributed by atoms with van der Waals surface area (Å²) >= 11 is 0. The third-order valence-corrected chi connectivity index (χ3v) is 1.99. The van der Waals surface area contributed by atoms with E-state index in [9.17, 15) is 0 Å². The molecule has 3 N–H and O–H groups in total. The van der Waals surface area contributed by atoms with Crippen LogP contribution in [0.4, 0.5) is 5.69 Å². The van der Waals surface area contributed by atoms with Crippen molar-refractivity contribution >= 4 is 5.69 Å². The molecule has 0 radical (unpaired) electrons. The van der Waals surface area contributed by atoms with Crippen molar-refractivity contribution in [3.8, 4) is 17.2 Å². The van der Waals surface area contributed by atoms with Crippen LogP contribution in [0.5, 0.6) is 0 Å². The first-order valence-corrected chi connectivity index (χ1v) is 4.10. The Morgan fingerprint density at radius 1 is 1.43 bits per heavy atom.